The van der Waals surface area contributed by atoms with Crippen molar-refractivity contribution in [3.05, 3.63) is 59.7 Å². The number of hydrogen-bond donors (Lipinski definition) is 3. The van der Waals surface area contributed by atoms with Crippen molar-refractivity contribution in [2.75, 3.05) is 0 Å². The number of furan rings is 1. The maximum atomic E-state index is 11.6. The fraction of sp³-hybridized carbons (Fsp3) is 0.188. The molecule has 3 aromatic rings. The van der Waals surface area contributed by atoms with Gasteiger partial charge in [-0.25, -0.2) is 0 Å². The van der Waals surface area contributed by atoms with Gasteiger partial charge in [0.25, 0.3) is 0 Å². The lowest BCUT2D eigenvalue weighted by molar-refractivity contribution is -0.139. The minimum atomic E-state index is -0.908. The van der Waals surface area contributed by atoms with E-state index in [0.717, 1.165) is 22.2 Å². The first kappa shape index (κ1) is 13.5. The molecule has 1 atom stereocenters. The molecule has 0 bridgehead atoms. The predicted molar refractivity (Wildman–Crippen MR) is 79.0 cm³/mol. The van der Waals surface area contributed by atoms with E-state index in [1.807, 2.05) is 37.3 Å². The average Bonchev–Trinajstić information content (AvgIpc) is 3.07. The molecule has 0 unspecified atom stereocenters. The third-order valence-electron chi connectivity index (χ3n) is 3.54. The molecule has 2 aromatic heterocycles. The van der Waals surface area contributed by atoms with Crippen LogP contribution in [0.1, 0.15) is 23.1 Å². The number of aromatic nitrogens is 1. The van der Waals surface area contributed by atoms with Crippen LogP contribution in [-0.2, 0) is 11.3 Å². The molecule has 2 heterocycles. The average molecular weight is 284 g/mol. The zero-order valence-electron chi connectivity index (χ0n) is 11.6. The fourth-order valence-corrected chi connectivity index (χ4v) is 2.60. The number of para-hydroxylation sites is 1. The Morgan fingerprint density at radius 2 is 2.14 bits per heavy atom. The third-order valence-corrected chi connectivity index (χ3v) is 3.54. The lowest BCUT2D eigenvalue weighted by atomic mass is 10.0. The molecule has 5 heteroatoms. The number of carbonyl (C=O) groups is 1. The zero-order chi connectivity index (χ0) is 14.8. The van der Waals surface area contributed by atoms with Crippen LogP contribution in [0.3, 0.4) is 0 Å². The Bertz CT molecular complexity index is 759. The number of rotatable bonds is 5. The summed E-state index contributed by atoms with van der Waals surface area (Å²) >= 11 is 0. The predicted octanol–water partition coefficient (Wildman–Crippen LogP) is 2.98. The molecule has 0 fully saturated rings. The van der Waals surface area contributed by atoms with E-state index >= 15 is 0 Å². The first-order valence-electron chi connectivity index (χ1n) is 6.72. The van der Waals surface area contributed by atoms with E-state index in [2.05, 4.69) is 10.3 Å². The largest absolute Gasteiger partial charge is 0.480 e. The van der Waals surface area contributed by atoms with E-state index in [4.69, 9.17) is 4.42 Å². The number of carboxylic acids is 1. The number of nitrogens with one attached hydrogen (secondary N) is 2. The molecule has 0 saturated carbocycles. The molecule has 3 rings (SSSR count). The van der Waals surface area contributed by atoms with Crippen LogP contribution in [-0.4, -0.2) is 16.1 Å². The van der Waals surface area contributed by atoms with E-state index < -0.39 is 12.0 Å². The highest BCUT2D eigenvalue weighted by Crippen LogP contribution is 2.28. The summed E-state index contributed by atoms with van der Waals surface area (Å²) in [6, 6.07) is 10.5. The van der Waals surface area contributed by atoms with Gasteiger partial charge in [0.15, 0.2) is 0 Å². The second-order valence-corrected chi connectivity index (χ2v) is 4.94. The SMILES string of the molecule is Cc1[nH]c2ccccc2c1[C@H](NCc1ccco1)C(=O)O. The van der Waals surface area contributed by atoms with Crippen molar-refractivity contribution >= 4 is 16.9 Å². The lowest BCUT2D eigenvalue weighted by Crippen LogP contribution is -2.28. The maximum Gasteiger partial charge on any atom is 0.325 e. The Labute approximate surface area is 121 Å². The van der Waals surface area contributed by atoms with Gasteiger partial charge in [0.2, 0.25) is 0 Å². The molecule has 0 radical (unpaired) electrons. The third kappa shape index (κ3) is 2.55. The molecule has 21 heavy (non-hydrogen) atoms. The van der Waals surface area contributed by atoms with Crippen LogP contribution in [0.2, 0.25) is 0 Å². The standard InChI is InChI=1S/C16H16N2O3/c1-10-14(12-6-2-3-7-13(12)18-10)15(16(19)20)17-9-11-5-4-8-21-11/h2-8,15,17-18H,9H2,1H3,(H,19,20)/t15-/m0/s1. The van der Waals surface area contributed by atoms with Gasteiger partial charge in [-0.05, 0) is 25.1 Å². The molecule has 3 N–H and O–H groups in total. The topological polar surface area (TPSA) is 78.3 Å². The number of aromatic amines is 1. The van der Waals surface area contributed by atoms with Crippen molar-refractivity contribution in [2.45, 2.75) is 19.5 Å². The van der Waals surface area contributed by atoms with Crippen LogP contribution < -0.4 is 5.32 Å². The van der Waals surface area contributed by atoms with Gasteiger partial charge < -0.3 is 14.5 Å². The number of H-pyrrole nitrogens is 1. The lowest BCUT2D eigenvalue weighted by Gasteiger charge is -2.14. The highest BCUT2D eigenvalue weighted by atomic mass is 16.4. The molecule has 108 valence electrons. The Morgan fingerprint density at radius 1 is 1.33 bits per heavy atom. The second kappa shape index (κ2) is 5.46. The Balaban J connectivity index is 1.95. The van der Waals surface area contributed by atoms with Gasteiger partial charge in [-0.3, -0.25) is 10.1 Å². The maximum absolute atomic E-state index is 11.6. The highest BCUT2D eigenvalue weighted by molar-refractivity contribution is 5.90. The van der Waals surface area contributed by atoms with E-state index in [1.54, 1.807) is 12.3 Å². The van der Waals surface area contributed by atoms with Crippen molar-refractivity contribution < 1.29 is 14.3 Å². The summed E-state index contributed by atoms with van der Waals surface area (Å²) in [6.45, 7) is 2.25. The summed E-state index contributed by atoms with van der Waals surface area (Å²) in [6.07, 6.45) is 1.57. The van der Waals surface area contributed by atoms with Crippen molar-refractivity contribution in [3.63, 3.8) is 0 Å². The molecule has 0 amide bonds. The summed E-state index contributed by atoms with van der Waals surface area (Å²) in [5, 5.41) is 13.5. The summed E-state index contributed by atoms with van der Waals surface area (Å²) in [4.78, 5) is 14.9. The van der Waals surface area contributed by atoms with Crippen molar-refractivity contribution in [2.24, 2.45) is 0 Å². The molecule has 1 aromatic carbocycles. The van der Waals surface area contributed by atoms with Gasteiger partial charge in [-0.2, -0.15) is 0 Å². The summed E-state index contributed by atoms with van der Waals surface area (Å²) < 4.78 is 5.24. The molecule has 0 aliphatic carbocycles. The van der Waals surface area contributed by atoms with Crippen molar-refractivity contribution in [3.8, 4) is 0 Å². The van der Waals surface area contributed by atoms with Crippen LogP contribution in [0.4, 0.5) is 0 Å². The van der Waals surface area contributed by atoms with Gasteiger partial charge in [0.05, 0.1) is 12.8 Å². The molecular formula is C16H16N2O3. The monoisotopic (exact) mass is 284 g/mol. The zero-order valence-corrected chi connectivity index (χ0v) is 11.6. The van der Waals surface area contributed by atoms with Crippen LogP contribution >= 0.6 is 0 Å². The first-order valence-corrected chi connectivity index (χ1v) is 6.72. The number of aryl methyl sites for hydroxylation is 1. The minimum absolute atomic E-state index is 0.364. The van der Waals surface area contributed by atoms with E-state index in [0.29, 0.717) is 12.3 Å². The number of benzene rings is 1. The van der Waals surface area contributed by atoms with Gasteiger partial charge in [0.1, 0.15) is 11.8 Å². The molecule has 0 aliphatic heterocycles. The minimum Gasteiger partial charge on any atom is -0.480 e. The van der Waals surface area contributed by atoms with Crippen molar-refractivity contribution in [1.82, 2.24) is 10.3 Å². The molecular weight excluding hydrogens is 268 g/mol. The molecule has 5 nitrogen and oxygen atoms in total. The summed E-state index contributed by atoms with van der Waals surface area (Å²) in [7, 11) is 0. The number of fused-ring (bicyclic) bond motifs is 1. The first-order chi connectivity index (χ1) is 10.2. The normalized spacial score (nSPS) is 12.6. The van der Waals surface area contributed by atoms with E-state index in [-0.39, 0.29) is 0 Å². The van der Waals surface area contributed by atoms with E-state index in [9.17, 15) is 9.90 Å². The smallest absolute Gasteiger partial charge is 0.325 e. The molecule has 0 aliphatic rings. The van der Waals surface area contributed by atoms with Gasteiger partial charge in [-0.15, -0.1) is 0 Å². The van der Waals surface area contributed by atoms with Gasteiger partial charge in [0, 0.05) is 22.2 Å². The number of hydrogen-bond acceptors (Lipinski definition) is 3. The molecule has 0 saturated heterocycles. The number of carboxylic acid groups (broad SMARTS) is 1. The van der Waals surface area contributed by atoms with Gasteiger partial charge in [-0.1, -0.05) is 18.2 Å². The quantitative estimate of drug-likeness (QED) is 0.673. The second-order valence-electron chi connectivity index (χ2n) is 4.94. The van der Waals surface area contributed by atoms with Crippen LogP contribution in [0.15, 0.2) is 47.1 Å². The summed E-state index contributed by atoms with van der Waals surface area (Å²) in [5.74, 6) is -0.201. The Hall–Kier alpha value is -2.53. The Kier molecular flexibility index (Phi) is 3.50. The summed E-state index contributed by atoms with van der Waals surface area (Å²) in [5.41, 5.74) is 2.57. The van der Waals surface area contributed by atoms with Crippen molar-refractivity contribution in [1.29, 1.82) is 0 Å². The van der Waals surface area contributed by atoms with Crippen LogP contribution in [0, 0.1) is 6.92 Å². The fourth-order valence-electron chi connectivity index (χ4n) is 2.60. The van der Waals surface area contributed by atoms with E-state index in [1.165, 1.54) is 0 Å². The van der Waals surface area contributed by atoms with Crippen LogP contribution in [0.5, 0.6) is 0 Å². The Morgan fingerprint density at radius 3 is 2.86 bits per heavy atom. The molecule has 0 spiro atoms. The van der Waals surface area contributed by atoms with Gasteiger partial charge >= 0.3 is 5.97 Å². The van der Waals surface area contributed by atoms with Crippen LogP contribution in [0.25, 0.3) is 10.9 Å². The number of aliphatic carboxylic acids is 1. The highest BCUT2D eigenvalue weighted by Gasteiger charge is 2.25.